The minimum Gasteiger partial charge on any atom is -0.323 e. The molecular formula is C18H22N2. The molecule has 1 aliphatic carbocycles. The van der Waals surface area contributed by atoms with Gasteiger partial charge in [0.2, 0.25) is 0 Å². The third-order valence-electron chi connectivity index (χ3n) is 4.42. The Morgan fingerprint density at radius 1 is 1.10 bits per heavy atom. The lowest BCUT2D eigenvalue weighted by molar-refractivity contribution is 0.541. The predicted molar refractivity (Wildman–Crippen MR) is 82.8 cm³/mol. The van der Waals surface area contributed by atoms with Gasteiger partial charge in [-0.15, -0.1) is 0 Å². The number of nitrogens with zero attached hydrogens (tertiary/aromatic N) is 1. The number of nitrogens with two attached hydrogens (primary N) is 1. The zero-order chi connectivity index (χ0) is 14.1. The summed E-state index contributed by atoms with van der Waals surface area (Å²) in [5.41, 5.74) is 11.7. The van der Waals surface area contributed by atoms with Gasteiger partial charge in [-0.25, -0.2) is 0 Å². The van der Waals surface area contributed by atoms with Crippen molar-refractivity contribution in [2.24, 2.45) is 5.73 Å². The molecule has 0 bridgehead atoms. The van der Waals surface area contributed by atoms with Crippen LogP contribution in [0.2, 0.25) is 0 Å². The normalized spacial score (nSPS) is 19.1. The molecule has 2 unspecified atom stereocenters. The van der Waals surface area contributed by atoms with Crippen LogP contribution in [-0.2, 0) is 6.42 Å². The first kappa shape index (κ1) is 13.3. The number of pyridine rings is 1. The molecule has 0 spiro atoms. The second-order valence-electron chi connectivity index (χ2n) is 6.04. The van der Waals surface area contributed by atoms with Crippen LogP contribution in [0.3, 0.4) is 0 Å². The number of hydrogen-bond donors (Lipinski definition) is 1. The highest BCUT2D eigenvalue weighted by Crippen LogP contribution is 2.39. The highest BCUT2D eigenvalue weighted by molar-refractivity contribution is 5.34. The molecule has 1 aliphatic rings. The van der Waals surface area contributed by atoms with Gasteiger partial charge >= 0.3 is 0 Å². The topological polar surface area (TPSA) is 38.9 Å². The SMILES string of the molecule is CC(C)c1ccc(C(N)C2CCc3cccnc32)cc1. The molecule has 0 radical (unpaired) electrons. The van der Waals surface area contributed by atoms with E-state index in [-0.39, 0.29) is 6.04 Å². The van der Waals surface area contributed by atoms with Crippen LogP contribution in [0.15, 0.2) is 42.6 Å². The second-order valence-corrected chi connectivity index (χ2v) is 6.04. The molecule has 0 aliphatic heterocycles. The molecule has 0 amide bonds. The number of fused-ring (bicyclic) bond motifs is 1. The van der Waals surface area contributed by atoms with Crippen LogP contribution in [0, 0.1) is 0 Å². The lowest BCUT2D eigenvalue weighted by Crippen LogP contribution is -2.18. The van der Waals surface area contributed by atoms with Gasteiger partial charge in [0.25, 0.3) is 0 Å². The van der Waals surface area contributed by atoms with E-state index in [1.165, 1.54) is 22.4 Å². The van der Waals surface area contributed by atoms with Crippen LogP contribution in [-0.4, -0.2) is 4.98 Å². The molecule has 0 saturated carbocycles. The molecule has 20 heavy (non-hydrogen) atoms. The van der Waals surface area contributed by atoms with Crippen molar-refractivity contribution in [2.75, 3.05) is 0 Å². The Balaban J connectivity index is 1.85. The molecule has 2 N–H and O–H groups in total. The molecule has 104 valence electrons. The molecule has 0 fully saturated rings. The Kier molecular flexibility index (Phi) is 3.58. The number of aryl methyl sites for hydroxylation is 1. The lowest BCUT2D eigenvalue weighted by atomic mass is 9.90. The van der Waals surface area contributed by atoms with Gasteiger partial charge in [-0.05, 0) is 41.5 Å². The van der Waals surface area contributed by atoms with E-state index < -0.39 is 0 Å². The van der Waals surface area contributed by atoms with Crippen molar-refractivity contribution in [3.05, 3.63) is 65.0 Å². The molecule has 1 heterocycles. The summed E-state index contributed by atoms with van der Waals surface area (Å²) in [7, 11) is 0. The number of hydrogen-bond acceptors (Lipinski definition) is 2. The van der Waals surface area contributed by atoms with Crippen molar-refractivity contribution in [1.82, 2.24) is 4.98 Å². The van der Waals surface area contributed by atoms with Gasteiger partial charge in [-0.1, -0.05) is 44.2 Å². The van der Waals surface area contributed by atoms with E-state index >= 15 is 0 Å². The van der Waals surface area contributed by atoms with Crippen LogP contribution in [0.4, 0.5) is 0 Å². The first-order valence-electron chi connectivity index (χ1n) is 7.46. The van der Waals surface area contributed by atoms with E-state index in [0.717, 1.165) is 12.8 Å². The van der Waals surface area contributed by atoms with Crippen molar-refractivity contribution in [3.8, 4) is 0 Å². The Labute approximate surface area is 121 Å². The zero-order valence-electron chi connectivity index (χ0n) is 12.2. The van der Waals surface area contributed by atoms with E-state index in [1.807, 2.05) is 12.3 Å². The van der Waals surface area contributed by atoms with Crippen molar-refractivity contribution in [2.45, 2.75) is 44.6 Å². The fraction of sp³-hybridized carbons (Fsp3) is 0.389. The monoisotopic (exact) mass is 266 g/mol. The van der Waals surface area contributed by atoms with E-state index in [1.54, 1.807) is 0 Å². The van der Waals surface area contributed by atoms with Crippen molar-refractivity contribution < 1.29 is 0 Å². The molecule has 1 aromatic heterocycles. The van der Waals surface area contributed by atoms with Gasteiger partial charge in [-0.2, -0.15) is 0 Å². The third-order valence-corrected chi connectivity index (χ3v) is 4.42. The fourth-order valence-corrected chi connectivity index (χ4v) is 3.13. The fourth-order valence-electron chi connectivity index (χ4n) is 3.13. The molecular weight excluding hydrogens is 244 g/mol. The molecule has 2 aromatic rings. The largest absolute Gasteiger partial charge is 0.323 e. The van der Waals surface area contributed by atoms with E-state index in [0.29, 0.717) is 11.8 Å². The predicted octanol–water partition coefficient (Wildman–Crippen LogP) is 3.93. The van der Waals surface area contributed by atoms with Crippen LogP contribution < -0.4 is 5.73 Å². The standard InChI is InChI=1S/C18H22N2/c1-12(2)13-5-7-14(8-6-13)17(19)16-10-9-15-4-3-11-20-18(15)16/h3-8,11-12,16-17H,9-10,19H2,1-2H3. The summed E-state index contributed by atoms with van der Waals surface area (Å²) in [4.78, 5) is 4.55. The second kappa shape index (κ2) is 5.37. The van der Waals surface area contributed by atoms with Gasteiger partial charge in [0, 0.05) is 23.9 Å². The van der Waals surface area contributed by atoms with Gasteiger partial charge in [-0.3, -0.25) is 4.98 Å². The first-order valence-corrected chi connectivity index (χ1v) is 7.46. The summed E-state index contributed by atoms with van der Waals surface area (Å²) in [6, 6.07) is 13.0. The Morgan fingerprint density at radius 3 is 2.50 bits per heavy atom. The van der Waals surface area contributed by atoms with Crippen LogP contribution in [0.25, 0.3) is 0 Å². The summed E-state index contributed by atoms with van der Waals surface area (Å²) in [5.74, 6) is 0.922. The zero-order valence-corrected chi connectivity index (χ0v) is 12.2. The maximum Gasteiger partial charge on any atom is 0.0485 e. The maximum atomic E-state index is 6.50. The number of aromatic nitrogens is 1. The molecule has 3 rings (SSSR count). The van der Waals surface area contributed by atoms with Crippen LogP contribution in [0.5, 0.6) is 0 Å². The molecule has 1 aromatic carbocycles. The van der Waals surface area contributed by atoms with Gasteiger partial charge in [0.15, 0.2) is 0 Å². The lowest BCUT2D eigenvalue weighted by Gasteiger charge is -2.20. The summed E-state index contributed by atoms with van der Waals surface area (Å²) >= 11 is 0. The van der Waals surface area contributed by atoms with Crippen LogP contribution in [0.1, 0.15) is 60.5 Å². The van der Waals surface area contributed by atoms with Crippen molar-refractivity contribution in [1.29, 1.82) is 0 Å². The van der Waals surface area contributed by atoms with E-state index in [4.69, 9.17) is 5.73 Å². The summed E-state index contributed by atoms with van der Waals surface area (Å²) in [6.07, 6.45) is 4.09. The van der Waals surface area contributed by atoms with Crippen molar-refractivity contribution >= 4 is 0 Å². The average Bonchev–Trinajstić information content (AvgIpc) is 2.90. The maximum absolute atomic E-state index is 6.50. The summed E-state index contributed by atoms with van der Waals surface area (Å²) in [5, 5.41) is 0. The number of rotatable bonds is 3. The Bertz CT molecular complexity index is 587. The van der Waals surface area contributed by atoms with Gasteiger partial charge in [0.1, 0.15) is 0 Å². The van der Waals surface area contributed by atoms with E-state index in [2.05, 4.69) is 49.2 Å². The van der Waals surface area contributed by atoms with E-state index in [9.17, 15) is 0 Å². The van der Waals surface area contributed by atoms with Crippen LogP contribution >= 0.6 is 0 Å². The Hall–Kier alpha value is -1.67. The molecule has 2 nitrogen and oxygen atoms in total. The minimum absolute atomic E-state index is 0.0485. The molecule has 2 heteroatoms. The first-order chi connectivity index (χ1) is 9.66. The van der Waals surface area contributed by atoms with Gasteiger partial charge in [0.05, 0.1) is 0 Å². The highest BCUT2D eigenvalue weighted by atomic mass is 14.8. The summed E-state index contributed by atoms with van der Waals surface area (Å²) < 4.78 is 0. The average molecular weight is 266 g/mol. The Morgan fingerprint density at radius 2 is 1.80 bits per heavy atom. The third kappa shape index (κ3) is 2.36. The van der Waals surface area contributed by atoms with Gasteiger partial charge < -0.3 is 5.73 Å². The quantitative estimate of drug-likeness (QED) is 0.914. The number of benzene rings is 1. The smallest absolute Gasteiger partial charge is 0.0485 e. The highest BCUT2D eigenvalue weighted by Gasteiger charge is 2.29. The summed E-state index contributed by atoms with van der Waals surface area (Å²) in [6.45, 7) is 4.43. The van der Waals surface area contributed by atoms with Crippen molar-refractivity contribution in [3.63, 3.8) is 0 Å². The molecule has 0 saturated heterocycles. The molecule has 2 atom stereocenters. The minimum atomic E-state index is 0.0485.